The number of nitrogens with two attached hydrogens (primary N) is 2. The molecule has 130 valence electrons. The number of benzene rings is 2. The fourth-order valence-electron chi connectivity index (χ4n) is 2.10. The van der Waals surface area contributed by atoms with Crippen molar-refractivity contribution in [3.8, 4) is 5.75 Å². The van der Waals surface area contributed by atoms with Crippen molar-refractivity contribution in [3.05, 3.63) is 83.3 Å². The van der Waals surface area contributed by atoms with E-state index >= 15 is 0 Å². The number of aromatic carboxylic acids is 1. The van der Waals surface area contributed by atoms with Gasteiger partial charge in [0.05, 0.1) is 12.2 Å². The van der Waals surface area contributed by atoms with E-state index < -0.39 is 5.97 Å². The lowest BCUT2D eigenvalue weighted by atomic mass is 10.1. The van der Waals surface area contributed by atoms with Crippen LogP contribution in [0.1, 0.15) is 21.5 Å². The zero-order valence-corrected chi connectivity index (χ0v) is 13.6. The lowest BCUT2D eigenvalue weighted by Crippen LogP contribution is -2.06. The number of aromatic hydroxyl groups is 1. The van der Waals surface area contributed by atoms with Gasteiger partial charge in [0.1, 0.15) is 5.75 Å². The van der Waals surface area contributed by atoms with E-state index in [-0.39, 0.29) is 17.2 Å². The highest BCUT2D eigenvalue weighted by molar-refractivity contribution is 5.88. The molecule has 0 aliphatic heterocycles. The van der Waals surface area contributed by atoms with Crippen LogP contribution >= 0.6 is 0 Å². The minimum absolute atomic E-state index is 0.163. The highest BCUT2D eigenvalue weighted by atomic mass is 16.5. The van der Waals surface area contributed by atoms with E-state index in [1.54, 1.807) is 30.3 Å². The van der Waals surface area contributed by atoms with E-state index in [4.69, 9.17) is 21.3 Å². The van der Waals surface area contributed by atoms with Crippen LogP contribution in [0.25, 0.3) is 5.70 Å². The summed E-state index contributed by atoms with van der Waals surface area (Å²) in [6.45, 7) is 0.384. The van der Waals surface area contributed by atoms with Crippen LogP contribution in [0.4, 0.5) is 0 Å². The Morgan fingerprint density at radius 2 is 1.72 bits per heavy atom. The molecule has 0 bridgehead atoms. The molecule has 2 aromatic carbocycles. The Bertz CT molecular complexity index is 795. The number of allylic oxidation sites excluding steroid dienone is 2. The SMILES string of the molecule is N/C(=C\C=C(/N)OCCc1ccc(O)cc1)c1cccc(C(=O)O)c1. The molecular weight excluding hydrogens is 320 g/mol. The molecule has 0 fully saturated rings. The number of rotatable bonds is 7. The quantitative estimate of drug-likeness (QED) is 0.454. The van der Waals surface area contributed by atoms with Crippen molar-refractivity contribution in [1.29, 1.82) is 0 Å². The summed E-state index contributed by atoms with van der Waals surface area (Å²) in [6.07, 6.45) is 3.74. The zero-order chi connectivity index (χ0) is 18.2. The molecule has 0 saturated heterocycles. The lowest BCUT2D eigenvalue weighted by Gasteiger charge is -2.06. The first-order valence-corrected chi connectivity index (χ1v) is 7.63. The maximum absolute atomic E-state index is 11.0. The number of phenolic OH excluding ortho intramolecular Hbond substituents is 1. The second-order valence-electron chi connectivity index (χ2n) is 5.34. The molecule has 0 radical (unpaired) electrons. The first-order chi connectivity index (χ1) is 12.0. The summed E-state index contributed by atoms with van der Waals surface area (Å²) < 4.78 is 5.41. The average Bonchev–Trinajstić information content (AvgIpc) is 2.61. The topological polar surface area (TPSA) is 119 Å². The number of hydrogen-bond donors (Lipinski definition) is 4. The average molecular weight is 340 g/mol. The number of carboxylic acids is 1. The Hall–Kier alpha value is -3.41. The molecule has 2 aromatic rings. The van der Waals surface area contributed by atoms with Crippen molar-refractivity contribution in [2.24, 2.45) is 11.5 Å². The molecule has 0 spiro atoms. The van der Waals surface area contributed by atoms with Gasteiger partial charge in [-0.1, -0.05) is 24.3 Å². The first kappa shape index (κ1) is 17.9. The number of ether oxygens (including phenoxy) is 1. The van der Waals surface area contributed by atoms with Crippen molar-refractivity contribution < 1.29 is 19.7 Å². The third kappa shape index (κ3) is 5.62. The predicted molar refractivity (Wildman–Crippen MR) is 95.6 cm³/mol. The second-order valence-corrected chi connectivity index (χ2v) is 5.34. The van der Waals surface area contributed by atoms with E-state index in [0.29, 0.717) is 24.3 Å². The Balaban J connectivity index is 1.92. The van der Waals surface area contributed by atoms with Gasteiger partial charge in [-0.2, -0.15) is 0 Å². The van der Waals surface area contributed by atoms with Gasteiger partial charge in [-0.15, -0.1) is 0 Å². The van der Waals surface area contributed by atoms with Crippen molar-refractivity contribution in [1.82, 2.24) is 0 Å². The van der Waals surface area contributed by atoms with Gasteiger partial charge in [0.15, 0.2) is 5.88 Å². The van der Waals surface area contributed by atoms with Crippen LogP contribution in [0.15, 0.2) is 66.6 Å². The van der Waals surface area contributed by atoms with E-state index in [9.17, 15) is 9.90 Å². The molecule has 0 unspecified atom stereocenters. The van der Waals surface area contributed by atoms with Gasteiger partial charge >= 0.3 is 5.97 Å². The molecule has 6 nitrogen and oxygen atoms in total. The largest absolute Gasteiger partial charge is 0.508 e. The summed E-state index contributed by atoms with van der Waals surface area (Å²) in [4.78, 5) is 11.0. The molecule has 0 aliphatic rings. The monoisotopic (exact) mass is 340 g/mol. The fraction of sp³-hybridized carbons (Fsp3) is 0.105. The van der Waals surface area contributed by atoms with Crippen LogP contribution in [0, 0.1) is 0 Å². The molecule has 25 heavy (non-hydrogen) atoms. The van der Waals surface area contributed by atoms with E-state index in [1.165, 1.54) is 18.2 Å². The van der Waals surface area contributed by atoms with Crippen LogP contribution < -0.4 is 11.5 Å². The molecular formula is C19H20N2O4. The molecule has 0 amide bonds. The molecule has 6 N–H and O–H groups in total. The molecule has 0 aliphatic carbocycles. The predicted octanol–water partition coefficient (Wildman–Crippen LogP) is 2.45. The van der Waals surface area contributed by atoms with Crippen molar-refractivity contribution in [2.75, 3.05) is 6.61 Å². The molecule has 6 heteroatoms. The summed E-state index contributed by atoms with van der Waals surface area (Å²) in [7, 11) is 0. The summed E-state index contributed by atoms with van der Waals surface area (Å²) >= 11 is 0. The van der Waals surface area contributed by atoms with Gasteiger partial charge < -0.3 is 26.4 Å². The lowest BCUT2D eigenvalue weighted by molar-refractivity contribution is 0.0697. The Kier molecular flexibility index (Phi) is 6.06. The highest BCUT2D eigenvalue weighted by Gasteiger charge is 2.04. The van der Waals surface area contributed by atoms with Gasteiger partial charge in [0.25, 0.3) is 0 Å². The third-order valence-corrected chi connectivity index (χ3v) is 3.47. The molecule has 0 heterocycles. The van der Waals surface area contributed by atoms with Crippen LogP contribution in [0.3, 0.4) is 0 Å². The van der Waals surface area contributed by atoms with Gasteiger partial charge in [-0.05, 0) is 47.5 Å². The third-order valence-electron chi connectivity index (χ3n) is 3.47. The summed E-state index contributed by atoms with van der Waals surface area (Å²) in [6, 6.07) is 13.2. The first-order valence-electron chi connectivity index (χ1n) is 7.63. The van der Waals surface area contributed by atoms with Crippen molar-refractivity contribution in [3.63, 3.8) is 0 Å². The highest BCUT2D eigenvalue weighted by Crippen LogP contribution is 2.13. The Labute approximate surface area is 145 Å². The maximum atomic E-state index is 11.0. The normalized spacial score (nSPS) is 12.0. The zero-order valence-electron chi connectivity index (χ0n) is 13.6. The van der Waals surface area contributed by atoms with Crippen LogP contribution in [0.2, 0.25) is 0 Å². The van der Waals surface area contributed by atoms with Crippen LogP contribution in [-0.4, -0.2) is 22.8 Å². The Morgan fingerprint density at radius 1 is 1.04 bits per heavy atom. The van der Waals surface area contributed by atoms with E-state index in [0.717, 1.165) is 5.56 Å². The van der Waals surface area contributed by atoms with Gasteiger partial charge in [0.2, 0.25) is 0 Å². The number of carboxylic acid groups (broad SMARTS) is 1. The van der Waals surface area contributed by atoms with E-state index in [1.807, 2.05) is 12.1 Å². The second kappa shape index (κ2) is 8.44. The minimum Gasteiger partial charge on any atom is -0.508 e. The van der Waals surface area contributed by atoms with Gasteiger partial charge in [0, 0.05) is 12.1 Å². The van der Waals surface area contributed by atoms with Crippen LogP contribution in [-0.2, 0) is 11.2 Å². The molecule has 0 aromatic heterocycles. The number of phenols is 1. The summed E-state index contributed by atoms with van der Waals surface area (Å²) in [5, 5.41) is 18.2. The van der Waals surface area contributed by atoms with Crippen LogP contribution in [0.5, 0.6) is 5.75 Å². The smallest absolute Gasteiger partial charge is 0.335 e. The minimum atomic E-state index is -1.01. The van der Waals surface area contributed by atoms with Gasteiger partial charge in [-0.3, -0.25) is 0 Å². The molecule has 0 atom stereocenters. The maximum Gasteiger partial charge on any atom is 0.335 e. The summed E-state index contributed by atoms with van der Waals surface area (Å²) in [5.74, 6) is -0.588. The standard InChI is InChI=1S/C19H20N2O4/c20-17(14-2-1-3-15(12-14)19(23)24)8-9-18(21)25-11-10-13-4-6-16(22)7-5-13/h1-9,12,22H,10-11,20-21H2,(H,23,24)/b17-8-,18-9+. The van der Waals surface area contributed by atoms with Crippen molar-refractivity contribution >= 4 is 11.7 Å². The van der Waals surface area contributed by atoms with E-state index in [2.05, 4.69) is 0 Å². The van der Waals surface area contributed by atoms with Crippen molar-refractivity contribution in [2.45, 2.75) is 6.42 Å². The molecule has 0 saturated carbocycles. The number of hydrogen-bond acceptors (Lipinski definition) is 5. The van der Waals surface area contributed by atoms with Gasteiger partial charge in [-0.25, -0.2) is 4.79 Å². The Morgan fingerprint density at radius 3 is 2.40 bits per heavy atom. The molecule has 2 rings (SSSR count). The fourth-order valence-corrected chi connectivity index (χ4v) is 2.10. The summed E-state index contributed by atoms with van der Waals surface area (Å²) in [5.41, 5.74) is 13.9. The number of carbonyl (C=O) groups is 1.